The maximum absolute atomic E-state index is 11.4. The van der Waals surface area contributed by atoms with E-state index in [1.165, 1.54) is 57.8 Å². The van der Waals surface area contributed by atoms with E-state index in [4.69, 9.17) is 10.2 Å². The molecule has 0 radical (unpaired) electrons. The molecular weight excluding hydrogens is 392 g/mol. The second-order valence-corrected chi connectivity index (χ2v) is 8.08. The lowest BCUT2D eigenvalue weighted by molar-refractivity contribution is -0.179. The standard InChI is InChI=1S/C22H40O7.H2O/c1-2-3-4-5-6-7-8-9-10-11-12-13-14-15-16-18(20(25)26)22(29,21(27)28)17-19(23)24;/h18,29H,2-17H2,1H3,(H,23,24)(H,25,26)(H,27,28);1H2. The number of carbonyl (C=O) groups is 3. The van der Waals surface area contributed by atoms with E-state index in [1.807, 2.05) is 0 Å². The van der Waals surface area contributed by atoms with Gasteiger partial charge in [0.05, 0.1) is 12.3 Å². The minimum atomic E-state index is -2.78. The molecule has 0 saturated carbocycles. The van der Waals surface area contributed by atoms with Gasteiger partial charge >= 0.3 is 17.9 Å². The van der Waals surface area contributed by atoms with Gasteiger partial charge in [0.2, 0.25) is 0 Å². The van der Waals surface area contributed by atoms with Crippen molar-refractivity contribution in [2.24, 2.45) is 5.92 Å². The molecule has 0 spiro atoms. The van der Waals surface area contributed by atoms with Crippen LogP contribution in [0.3, 0.4) is 0 Å². The second-order valence-electron chi connectivity index (χ2n) is 8.08. The van der Waals surface area contributed by atoms with Crippen molar-refractivity contribution < 1.29 is 40.3 Å². The van der Waals surface area contributed by atoms with Crippen LogP contribution in [0.5, 0.6) is 0 Å². The Hall–Kier alpha value is -1.67. The molecule has 2 atom stereocenters. The third-order valence-corrected chi connectivity index (χ3v) is 5.51. The van der Waals surface area contributed by atoms with E-state index >= 15 is 0 Å². The van der Waals surface area contributed by atoms with E-state index in [1.54, 1.807) is 0 Å². The molecule has 0 aromatic carbocycles. The number of hydrogen-bond acceptors (Lipinski definition) is 4. The smallest absolute Gasteiger partial charge is 0.337 e. The quantitative estimate of drug-likeness (QED) is 0.210. The van der Waals surface area contributed by atoms with Gasteiger partial charge in [0.1, 0.15) is 0 Å². The fourth-order valence-electron chi connectivity index (χ4n) is 3.69. The predicted octanol–water partition coefficient (Wildman–Crippen LogP) is 4.02. The zero-order valence-electron chi connectivity index (χ0n) is 18.4. The molecule has 8 heteroatoms. The van der Waals surface area contributed by atoms with Gasteiger partial charge in [0, 0.05) is 0 Å². The van der Waals surface area contributed by atoms with Crippen LogP contribution in [0.2, 0.25) is 0 Å². The highest BCUT2D eigenvalue weighted by molar-refractivity contribution is 5.89. The first-order valence-electron chi connectivity index (χ1n) is 11.2. The van der Waals surface area contributed by atoms with Gasteiger partial charge in [-0.1, -0.05) is 96.8 Å². The highest BCUT2D eigenvalue weighted by Crippen LogP contribution is 2.28. The molecule has 0 rings (SSSR count). The van der Waals surface area contributed by atoms with Gasteiger partial charge in [-0.3, -0.25) is 9.59 Å². The van der Waals surface area contributed by atoms with Crippen LogP contribution in [0.25, 0.3) is 0 Å². The zero-order chi connectivity index (χ0) is 22.1. The number of carboxylic acid groups (broad SMARTS) is 3. The average molecular weight is 435 g/mol. The van der Waals surface area contributed by atoms with Crippen LogP contribution in [-0.4, -0.2) is 49.4 Å². The molecule has 0 amide bonds. The molecule has 0 saturated heterocycles. The van der Waals surface area contributed by atoms with E-state index < -0.39 is 35.8 Å². The first-order valence-corrected chi connectivity index (χ1v) is 11.2. The molecule has 0 fully saturated rings. The topological polar surface area (TPSA) is 164 Å². The Morgan fingerprint density at radius 2 is 1.07 bits per heavy atom. The van der Waals surface area contributed by atoms with E-state index in [2.05, 4.69) is 6.92 Å². The summed E-state index contributed by atoms with van der Waals surface area (Å²) in [4.78, 5) is 33.5. The largest absolute Gasteiger partial charge is 0.481 e. The lowest BCUT2D eigenvalue weighted by Gasteiger charge is -2.28. The Kier molecular flexibility index (Phi) is 18.4. The molecule has 0 aliphatic heterocycles. The summed E-state index contributed by atoms with van der Waals surface area (Å²) in [7, 11) is 0. The normalized spacial score (nSPS) is 13.8. The van der Waals surface area contributed by atoms with Gasteiger partial charge in [0.15, 0.2) is 5.60 Å². The fraction of sp³-hybridized carbons (Fsp3) is 0.864. The first-order chi connectivity index (χ1) is 13.8. The zero-order valence-corrected chi connectivity index (χ0v) is 18.4. The van der Waals surface area contributed by atoms with E-state index in [9.17, 15) is 24.6 Å². The van der Waals surface area contributed by atoms with Crippen molar-refractivity contribution in [2.45, 2.75) is 115 Å². The molecule has 0 aromatic heterocycles. The first kappa shape index (κ1) is 30.5. The average Bonchev–Trinajstić information content (AvgIpc) is 2.63. The monoisotopic (exact) mass is 434 g/mol. The fourth-order valence-corrected chi connectivity index (χ4v) is 3.69. The summed E-state index contributed by atoms with van der Waals surface area (Å²) in [5.41, 5.74) is -2.78. The third kappa shape index (κ3) is 13.5. The van der Waals surface area contributed by atoms with Crippen molar-refractivity contribution in [1.29, 1.82) is 0 Å². The Bertz CT molecular complexity index is 480. The van der Waals surface area contributed by atoms with Gasteiger partial charge in [-0.2, -0.15) is 0 Å². The molecule has 178 valence electrons. The molecule has 0 aromatic rings. The number of carboxylic acids is 3. The molecule has 30 heavy (non-hydrogen) atoms. The summed E-state index contributed by atoms with van der Waals surface area (Å²) in [5, 5.41) is 37.3. The summed E-state index contributed by atoms with van der Waals surface area (Å²) >= 11 is 0. The van der Waals surface area contributed by atoms with Crippen LogP contribution in [0, 0.1) is 5.92 Å². The molecule has 6 N–H and O–H groups in total. The Labute approximate surface area is 180 Å². The van der Waals surface area contributed by atoms with E-state index in [0.29, 0.717) is 6.42 Å². The molecular formula is C22H42O8. The summed E-state index contributed by atoms with van der Waals surface area (Å²) in [6.07, 6.45) is 14.8. The second kappa shape index (κ2) is 18.1. The summed E-state index contributed by atoms with van der Waals surface area (Å²) < 4.78 is 0. The van der Waals surface area contributed by atoms with Gasteiger partial charge in [-0.25, -0.2) is 4.79 Å². The van der Waals surface area contributed by atoms with Crippen LogP contribution in [0.4, 0.5) is 0 Å². The molecule has 2 unspecified atom stereocenters. The van der Waals surface area contributed by atoms with Crippen molar-refractivity contribution in [3.05, 3.63) is 0 Å². The Morgan fingerprint density at radius 3 is 1.37 bits per heavy atom. The molecule has 8 nitrogen and oxygen atoms in total. The van der Waals surface area contributed by atoms with Gasteiger partial charge in [0.25, 0.3) is 0 Å². The maximum Gasteiger partial charge on any atom is 0.337 e. The van der Waals surface area contributed by atoms with Crippen LogP contribution in [0.15, 0.2) is 0 Å². The van der Waals surface area contributed by atoms with Crippen LogP contribution in [-0.2, 0) is 14.4 Å². The lowest BCUT2D eigenvalue weighted by Crippen LogP contribution is -2.50. The Morgan fingerprint density at radius 1 is 0.700 bits per heavy atom. The van der Waals surface area contributed by atoms with Crippen molar-refractivity contribution in [2.75, 3.05) is 0 Å². The number of aliphatic carboxylic acids is 3. The Balaban J connectivity index is 0. The van der Waals surface area contributed by atoms with Crippen LogP contribution in [0.1, 0.15) is 110 Å². The third-order valence-electron chi connectivity index (χ3n) is 5.51. The van der Waals surface area contributed by atoms with E-state index in [-0.39, 0.29) is 11.9 Å². The van der Waals surface area contributed by atoms with Gasteiger partial charge in [-0.05, 0) is 6.42 Å². The van der Waals surface area contributed by atoms with Crippen LogP contribution >= 0.6 is 0 Å². The van der Waals surface area contributed by atoms with Crippen molar-refractivity contribution in [3.8, 4) is 0 Å². The highest BCUT2D eigenvalue weighted by Gasteiger charge is 2.49. The summed E-state index contributed by atoms with van der Waals surface area (Å²) in [6.45, 7) is 2.22. The summed E-state index contributed by atoms with van der Waals surface area (Å²) in [6, 6.07) is 0. The van der Waals surface area contributed by atoms with Gasteiger partial charge < -0.3 is 25.9 Å². The molecule has 0 aliphatic rings. The molecule has 0 bridgehead atoms. The van der Waals surface area contributed by atoms with Gasteiger partial charge in [-0.15, -0.1) is 0 Å². The number of rotatable bonds is 20. The van der Waals surface area contributed by atoms with Crippen LogP contribution < -0.4 is 0 Å². The minimum absolute atomic E-state index is 0. The maximum atomic E-state index is 11.4. The molecule has 0 heterocycles. The molecule has 0 aliphatic carbocycles. The van der Waals surface area contributed by atoms with E-state index in [0.717, 1.165) is 25.7 Å². The number of aliphatic hydroxyl groups is 1. The van der Waals surface area contributed by atoms with Crippen molar-refractivity contribution >= 4 is 17.9 Å². The van der Waals surface area contributed by atoms with Crippen molar-refractivity contribution in [3.63, 3.8) is 0 Å². The predicted molar refractivity (Wildman–Crippen MR) is 115 cm³/mol. The van der Waals surface area contributed by atoms with Crippen molar-refractivity contribution in [1.82, 2.24) is 0 Å². The summed E-state index contributed by atoms with van der Waals surface area (Å²) in [5.74, 6) is -6.46. The SMILES string of the molecule is CCCCCCCCCCCCCCCCC(C(=O)O)C(O)(CC(=O)O)C(=O)O.O. The number of unbranched alkanes of at least 4 members (excludes halogenated alkanes) is 13. The highest BCUT2D eigenvalue weighted by atomic mass is 16.4. The number of hydrogen-bond donors (Lipinski definition) is 4. The lowest BCUT2D eigenvalue weighted by atomic mass is 9.81. The minimum Gasteiger partial charge on any atom is -0.481 e.